The predicted octanol–water partition coefficient (Wildman–Crippen LogP) is 1.90. The average molecular weight is 245 g/mol. The highest BCUT2D eigenvalue weighted by Gasteiger charge is 2.32. The third kappa shape index (κ3) is 3.09. The minimum atomic E-state index is -4.37. The summed E-state index contributed by atoms with van der Waals surface area (Å²) in [6, 6.07) is 4.03. The van der Waals surface area contributed by atoms with E-state index in [0.717, 1.165) is 32.1 Å². The molecule has 94 valence electrons. The van der Waals surface area contributed by atoms with Crippen molar-refractivity contribution in [2.45, 2.75) is 12.6 Å². The number of pyridine rings is 1. The first-order chi connectivity index (χ1) is 8.07. The normalized spacial score (nSPS) is 17.9. The standard InChI is InChI=1S/C11H14F3N3/c12-11(13,14)9-3-1-4-10(16-9)17-7-2-5-15-6-8-17/h1,3-4,15H,2,5-8H2. The summed E-state index contributed by atoms with van der Waals surface area (Å²) < 4.78 is 37.6. The van der Waals surface area contributed by atoms with Gasteiger partial charge >= 0.3 is 6.18 Å². The van der Waals surface area contributed by atoms with Gasteiger partial charge in [0.05, 0.1) is 0 Å². The maximum absolute atomic E-state index is 12.5. The lowest BCUT2D eigenvalue weighted by atomic mass is 10.3. The van der Waals surface area contributed by atoms with Crippen LogP contribution < -0.4 is 10.2 Å². The summed E-state index contributed by atoms with van der Waals surface area (Å²) in [7, 11) is 0. The van der Waals surface area contributed by atoms with Gasteiger partial charge in [0, 0.05) is 19.6 Å². The third-order valence-corrected chi connectivity index (χ3v) is 2.69. The highest BCUT2D eigenvalue weighted by Crippen LogP contribution is 2.28. The van der Waals surface area contributed by atoms with E-state index in [0.29, 0.717) is 12.4 Å². The highest BCUT2D eigenvalue weighted by molar-refractivity contribution is 5.39. The van der Waals surface area contributed by atoms with Crippen LogP contribution in [0.3, 0.4) is 0 Å². The van der Waals surface area contributed by atoms with Crippen molar-refractivity contribution in [3.63, 3.8) is 0 Å². The Morgan fingerprint density at radius 3 is 2.76 bits per heavy atom. The van der Waals surface area contributed by atoms with Crippen molar-refractivity contribution in [3.8, 4) is 0 Å². The Morgan fingerprint density at radius 2 is 2.00 bits per heavy atom. The van der Waals surface area contributed by atoms with Gasteiger partial charge in [-0.25, -0.2) is 4.98 Å². The second-order valence-electron chi connectivity index (χ2n) is 3.97. The molecular weight excluding hydrogens is 231 g/mol. The number of aromatic nitrogens is 1. The van der Waals surface area contributed by atoms with Crippen molar-refractivity contribution in [1.29, 1.82) is 0 Å². The second-order valence-corrected chi connectivity index (χ2v) is 3.97. The van der Waals surface area contributed by atoms with Gasteiger partial charge in [-0.3, -0.25) is 0 Å². The van der Waals surface area contributed by atoms with E-state index < -0.39 is 11.9 Å². The topological polar surface area (TPSA) is 28.2 Å². The van der Waals surface area contributed by atoms with E-state index in [-0.39, 0.29) is 0 Å². The molecule has 3 nitrogen and oxygen atoms in total. The molecule has 0 unspecified atom stereocenters. The molecule has 0 atom stereocenters. The highest BCUT2D eigenvalue weighted by atomic mass is 19.4. The van der Waals surface area contributed by atoms with Crippen molar-refractivity contribution in [2.24, 2.45) is 0 Å². The first kappa shape index (κ1) is 12.2. The van der Waals surface area contributed by atoms with Crippen LogP contribution in [0.1, 0.15) is 12.1 Å². The van der Waals surface area contributed by atoms with Gasteiger partial charge in [-0.05, 0) is 25.1 Å². The van der Waals surface area contributed by atoms with Gasteiger partial charge in [0.25, 0.3) is 0 Å². The molecule has 1 saturated heterocycles. The van der Waals surface area contributed by atoms with Crippen molar-refractivity contribution in [3.05, 3.63) is 23.9 Å². The monoisotopic (exact) mass is 245 g/mol. The Morgan fingerprint density at radius 1 is 1.18 bits per heavy atom. The summed E-state index contributed by atoms with van der Waals surface area (Å²) in [6.07, 6.45) is -3.46. The molecule has 1 N–H and O–H groups in total. The molecule has 1 fully saturated rings. The van der Waals surface area contributed by atoms with E-state index in [2.05, 4.69) is 10.3 Å². The first-order valence-electron chi connectivity index (χ1n) is 5.57. The molecule has 2 heterocycles. The summed E-state index contributed by atoms with van der Waals surface area (Å²) >= 11 is 0. The lowest BCUT2D eigenvalue weighted by molar-refractivity contribution is -0.141. The molecule has 1 aliphatic rings. The maximum atomic E-state index is 12.5. The molecule has 0 saturated carbocycles. The largest absolute Gasteiger partial charge is 0.433 e. The number of nitrogens with zero attached hydrogens (tertiary/aromatic N) is 2. The van der Waals surface area contributed by atoms with Gasteiger partial charge in [0.2, 0.25) is 0 Å². The number of nitrogens with one attached hydrogen (secondary N) is 1. The van der Waals surface area contributed by atoms with Crippen LogP contribution >= 0.6 is 0 Å². The van der Waals surface area contributed by atoms with Gasteiger partial charge in [0.1, 0.15) is 11.5 Å². The van der Waals surface area contributed by atoms with Crippen LogP contribution in [-0.2, 0) is 6.18 Å². The molecule has 0 aliphatic carbocycles. The minimum Gasteiger partial charge on any atom is -0.355 e. The van der Waals surface area contributed by atoms with Crippen LogP contribution in [-0.4, -0.2) is 31.2 Å². The number of halogens is 3. The summed E-state index contributed by atoms with van der Waals surface area (Å²) in [5.74, 6) is 0.406. The molecule has 0 spiro atoms. The minimum absolute atomic E-state index is 0.406. The van der Waals surface area contributed by atoms with E-state index >= 15 is 0 Å². The lowest BCUT2D eigenvalue weighted by Gasteiger charge is -2.21. The van der Waals surface area contributed by atoms with E-state index in [4.69, 9.17) is 0 Å². The number of hydrogen-bond acceptors (Lipinski definition) is 3. The quantitative estimate of drug-likeness (QED) is 0.819. The van der Waals surface area contributed by atoms with E-state index in [9.17, 15) is 13.2 Å². The predicted molar refractivity (Wildman–Crippen MR) is 58.9 cm³/mol. The average Bonchev–Trinajstić information content (AvgIpc) is 2.56. The summed E-state index contributed by atoms with van der Waals surface area (Å²) in [5, 5.41) is 3.20. The fourth-order valence-corrected chi connectivity index (χ4v) is 1.83. The SMILES string of the molecule is FC(F)(F)c1cccc(N2CCCNCC2)n1. The van der Waals surface area contributed by atoms with Crippen LogP contribution in [0.25, 0.3) is 0 Å². The smallest absolute Gasteiger partial charge is 0.355 e. The van der Waals surface area contributed by atoms with Crippen LogP contribution in [0, 0.1) is 0 Å². The van der Waals surface area contributed by atoms with Crippen LogP contribution in [0.4, 0.5) is 19.0 Å². The second kappa shape index (κ2) is 4.91. The van der Waals surface area contributed by atoms with E-state index in [1.54, 1.807) is 6.07 Å². The maximum Gasteiger partial charge on any atom is 0.433 e. The zero-order valence-corrected chi connectivity index (χ0v) is 9.30. The van der Waals surface area contributed by atoms with Gasteiger partial charge < -0.3 is 10.2 Å². The zero-order chi connectivity index (χ0) is 12.3. The molecule has 2 rings (SSSR count). The lowest BCUT2D eigenvalue weighted by Crippen LogP contribution is -2.29. The number of anilines is 1. The Labute approximate surface area is 97.6 Å². The summed E-state index contributed by atoms with van der Waals surface area (Å²) in [5.41, 5.74) is -0.827. The van der Waals surface area contributed by atoms with Gasteiger partial charge in [0.15, 0.2) is 0 Å². The molecule has 6 heteroatoms. The molecule has 0 aromatic carbocycles. The van der Waals surface area contributed by atoms with Crippen molar-refractivity contribution >= 4 is 5.82 Å². The van der Waals surface area contributed by atoms with Crippen LogP contribution in [0.15, 0.2) is 18.2 Å². The molecule has 1 aromatic heterocycles. The zero-order valence-electron chi connectivity index (χ0n) is 9.30. The Balaban J connectivity index is 2.20. The first-order valence-corrected chi connectivity index (χ1v) is 5.57. The number of alkyl halides is 3. The Hall–Kier alpha value is -1.30. The molecule has 0 amide bonds. The summed E-state index contributed by atoms with van der Waals surface area (Å²) in [6.45, 7) is 3.10. The molecule has 0 radical (unpaired) electrons. The van der Waals surface area contributed by atoms with Crippen molar-refractivity contribution in [2.75, 3.05) is 31.1 Å². The molecule has 0 bridgehead atoms. The fraction of sp³-hybridized carbons (Fsp3) is 0.545. The van der Waals surface area contributed by atoms with Gasteiger partial charge in [-0.15, -0.1) is 0 Å². The Bertz CT molecular complexity index is 370. The van der Waals surface area contributed by atoms with Crippen LogP contribution in [0.2, 0.25) is 0 Å². The summed E-state index contributed by atoms with van der Waals surface area (Å²) in [4.78, 5) is 5.57. The molecule has 17 heavy (non-hydrogen) atoms. The third-order valence-electron chi connectivity index (χ3n) is 2.69. The van der Waals surface area contributed by atoms with E-state index in [1.165, 1.54) is 6.07 Å². The van der Waals surface area contributed by atoms with E-state index in [1.807, 2.05) is 4.90 Å². The number of hydrogen-bond donors (Lipinski definition) is 1. The van der Waals surface area contributed by atoms with Crippen molar-refractivity contribution < 1.29 is 13.2 Å². The van der Waals surface area contributed by atoms with Gasteiger partial charge in [-0.2, -0.15) is 13.2 Å². The molecular formula is C11H14F3N3. The molecule has 1 aromatic rings. The molecule has 1 aliphatic heterocycles. The number of rotatable bonds is 1. The Kier molecular flexibility index (Phi) is 3.51. The van der Waals surface area contributed by atoms with Crippen LogP contribution in [0.5, 0.6) is 0 Å². The van der Waals surface area contributed by atoms with Crippen molar-refractivity contribution in [1.82, 2.24) is 10.3 Å². The fourth-order valence-electron chi connectivity index (χ4n) is 1.83. The van der Waals surface area contributed by atoms with Gasteiger partial charge in [-0.1, -0.05) is 6.07 Å².